The van der Waals surface area contributed by atoms with Crippen molar-refractivity contribution in [3.05, 3.63) is 238 Å². The highest BCUT2D eigenvalue weighted by atomic mass is 19.3. The lowest BCUT2D eigenvalue weighted by atomic mass is 9.80. The lowest BCUT2D eigenvalue weighted by Gasteiger charge is -2.36. The van der Waals surface area contributed by atoms with Crippen molar-refractivity contribution in [3.63, 3.8) is 0 Å². The molecule has 1 saturated heterocycles. The molecule has 0 aliphatic carbocycles. The second kappa shape index (κ2) is 31.8. The summed E-state index contributed by atoms with van der Waals surface area (Å²) in [6, 6.07) is 49.5. The zero-order chi connectivity index (χ0) is 73.1. The van der Waals surface area contributed by atoms with Crippen molar-refractivity contribution in [1.29, 1.82) is 0 Å². The summed E-state index contributed by atoms with van der Waals surface area (Å²) in [5.41, 5.74) is 20.6. The van der Waals surface area contributed by atoms with E-state index in [9.17, 15) is 26.3 Å². The molecule has 524 valence electrons. The number of aryl methyl sites for hydroxylation is 4. The molecule has 0 saturated carbocycles. The highest BCUT2D eigenvalue weighted by Crippen LogP contribution is 2.39. The Morgan fingerprint density at radius 3 is 1.15 bits per heavy atom. The first-order valence-electron chi connectivity index (χ1n) is 34.0. The van der Waals surface area contributed by atoms with E-state index in [0.29, 0.717) is 18.9 Å². The van der Waals surface area contributed by atoms with Crippen LogP contribution >= 0.6 is 0 Å². The first-order chi connectivity index (χ1) is 45.2. The van der Waals surface area contributed by atoms with Crippen LogP contribution in [0.3, 0.4) is 0 Å². The lowest BCUT2D eigenvalue weighted by molar-refractivity contribution is -0.0482. The van der Waals surface area contributed by atoms with Crippen LogP contribution in [0.4, 0.5) is 32.0 Å². The van der Waals surface area contributed by atoms with Crippen molar-refractivity contribution in [2.45, 2.75) is 210 Å². The number of rotatable bonds is 9. The largest absolute Gasteiger partial charge is 0.467 e. The first kappa shape index (κ1) is 78.9. The van der Waals surface area contributed by atoms with Crippen molar-refractivity contribution < 1.29 is 31.1 Å². The molecule has 6 nitrogen and oxygen atoms in total. The van der Waals surface area contributed by atoms with Gasteiger partial charge in [0.25, 0.3) is 11.8 Å². The predicted octanol–water partition coefficient (Wildman–Crippen LogP) is 24.5. The van der Waals surface area contributed by atoms with E-state index >= 15 is 0 Å². The number of halogens is 6. The Balaban J connectivity index is 0.000000194. The molecule has 9 aromatic rings. The predicted molar refractivity (Wildman–Crippen MR) is 399 cm³/mol. The fourth-order valence-electron chi connectivity index (χ4n) is 12.1. The summed E-state index contributed by atoms with van der Waals surface area (Å²) >= 11 is 0. The van der Waals surface area contributed by atoms with E-state index < -0.39 is 23.7 Å². The minimum atomic E-state index is -2.79. The molecule has 0 atom stereocenters. The molecule has 0 spiro atoms. The Labute approximate surface area is 583 Å². The van der Waals surface area contributed by atoms with E-state index in [4.69, 9.17) is 4.74 Å². The summed E-state index contributed by atoms with van der Waals surface area (Å²) in [6.45, 7) is 45.7. The van der Waals surface area contributed by atoms with E-state index in [1.54, 1.807) is 43.8 Å². The molecular formula is C86H107F6N5O. The Hall–Kier alpha value is -8.12. The SMILES string of the molecule is CC(C)(C)c1cccc(-c2ccc(C(C)(F)F)cc2)c1.COc1ncc(-c2ccc(C(C)(C)C)cc2)cn1.Cc1cc(-c2ccc(C(C)(F)F)cc2)cc(C)c1C(C)(C)C.Cc1cc(N2CCC(C(C)(F)F)CC2)ccc1C(C)(C)C.Cc1cnc(-c2ccc(C(C)(C)C)cc2)nc1. The second-order valence-electron chi connectivity index (χ2n) is 31.7. The third-order valence-electron chi connectivity index (χ3n) is 17.7. The monoisotopic (exact) mass is 1340 g/mol. The maximum atomic E-state index is 13.4. The average Bonchev–Trinajstić information content (AvgIpc) is 0.803. The molecule has 0 amide bonds. The molecule has 3 heterocycles. The molecule has 10 rings (SSSR count). The molecule has 0 N–H and O–H groups in total. The fraction of sp³-hybridized carbons (Fsp3) is 0.419. The molecule has 0 unspecified atom stereocenters. The maximum Gasteiger partial charge on any atom is 0.316 e. The van der Waals surface area contributed by atoms with Crippen LogP contribution in [0.1, 0.15) is 199 Å². The summed E-state index contributed by atoms with van der Waals surface area (Å²) in [5, 5.41) is 0. The van der Waals surface area contributed by atoms with Gasteiger partial charge in [-0.15, -0.1) is 0 Å². The fourth-order valence-corrected chi connectivity index (χ4v) is 12.1. The number of hydrogen-bond acceptors (Lipinski definition) is 6. The van der Waals surface area contributed by atoms with Crippen LogP contribution < -0.4 is 9.64 Å². The number of aromatic nitrogens is 4. The van der Waals surface area contributed by atoms with Crippen molar-refractivity contribution >= 4 is 5.69 Å². The van der Waals surface area contributed by atoms with Gasteiger partial charge >= 0.3 is 6.01 Å². The normalized spacial score (nSPS) is 13.3. The van der Waals surface area contributed by atoms with Gasteiger partial charge in [-0.25, -0.2) is 46.3 Å². The average molecular weight is 1340 g/mol. The quantitative estimate of drug-likeness (QED) is 0.134. The van der Waals surface area contributed by atoms with E-state index in [-0.39, 0.29) is 38.2 Å². The van der Waals surface area contributed by atoms with Crippen LogP contribution in [0, 0.1) is 33.6 Å². The molecule has 0 bridgehead atoms. The Kier molecular flexibility index (Phi) is 25.6. The van der Waals surface area contributed by atoms with Gasteiger partial charge in [-0.1, -0.05) is 243 Å². The zero-order valence-electron chi connectivity index (χ0n) is 62.6. The number of ether oxygens (including phenoxy) is 1. The number of methoxy groups -OCH3 is 1. The number of piperidine rings is 1. The molecular weight excluding hydrogens is 1230 g/mol. The van der Waals surface area contributed by atoms with Crippen LogP contribution in [-0.2, 0) is 38.9 Å². The third kappa shape index (κ3) is 22.7. The first-order valence-corrected chi connectivity index (χ1v) is 34.0. The van der Waals surface area contributed by atoms with Gasteiger partial charge in [0.05, 0.1) is 7.11 Å². The van der Waals surface area contributed by atoms with Crippen LogP contribution in [-0.4, -0.2) is 46.1 Å². The highest BCUT2D eigenvalue weighted by Gasteiger charge is 2.37. The molecule has 2 aromatic heterocycles. The summed E-state index contributed by atoms with van der Waals surface area (Å²) in [6.07, 6.45) is 8.39. The topological polar surface area (TPSA) is 64.0 Å². The van der Waals surface area contributed by atoms with Crippen molar-refractivity contribution in [2.24, 2.45) is 5.92 Å². The smallest absolute Gasteiger partial charge is 0.316 e. The Morgan fingerprint density at radius 2 is 0.776 bits per heavy atom. The molecule has 1 fully saturated rings. The maximum absolute atomic E-state index is 13.4. The van der Waals surface area contributed by atoms with E-state index in [1.807, 2.05) is 31.5 Å². The third-order valence-corrected chi connectivity index (χ3v) is 17.7. The van der Waals surface area contributed by atoms with Gasteiger partial charge in [0.15, 0.2) is 5.82 Å². The van der Waals surface area contributed by atoms with Crippen molar-refractivity contribution in [1.82, 2.24) is 19.9 Å². The molecule has 7 aromatic carbocycles. The number of benzene rings is 7. The van der Waals surface area contributed by atoms with Gasteiger partial charge in [0.1, 0.15) is 0 Å². The number of alkyl halides is 6. The Bertz CT molecular complexity index is 3950. The van der Waals surface area contributed by atoms with Crippen LogP contribution in [0.25, 0.3) is 44.8 Å². The van der Waals surface area contributed by atoms with E-state index in [2.05, 4.69) is 240 Å². The van der Waals surface area contributed by atoms with E-state index in [1.165, 1.54) is 74.5 Å². The zero-order valence-corrected chi connectivity index (χ0v) is 62.6. The highest BCUT2D eigenvalue weighted by molar-refractivity contribution is 5.68. The van der Waals surface area contributed by atoms with Crippen molar-refractivity contribution in [2.75, 3.05) is 25.1 Å². The minimum absolute atomic E-state index is 0.0493. The van der Waals surface area contributed by atoms with Crippen LogP contribution in [0.15, 0.2) is 176 Å². The van der Waals surface area contributed by atoms with Gasteiger partial charge in [-0.3, -0.25) is 0 Å². The summed E-state index contributed by atoms with van der Waals surface area (Å²) in [5.74, 6) is -7.80. The van der Waals surface area contributed by atoms with Gasteiger partial charge in [-0.2, -0.15) is 0 Å². The minimum Gasteiger partial charge on any atom is -0.467 e. The molecule has 1 aliphatic rings. The van der Waals surface area contributed by atoms with Gasteiger partial charge in [0, 0.05) is 85.6 Å². The number of hydrogen-bond donors (Lipinski definition) is 0. The standard InChI is InChI=1S/C20H24F2.C18H27F2N.C18H20F2.C15H18N2O.C15H18N2/c1-13-11-16(12-14(2)18(13)19(3,4)5)15-7-9-17(10-8-15)20(6,21)22;1-13-12-15(6-7-16(13)17(2,3)4)21-10-8-14(9-11-21)18(5,19)20;1-17(2,3)16-7-5-6-14(12-16)13-8-10-15(11-9-13)18(4,19)20;1-15(2,3)13-7-5-11(6-8-13)12-9-16-14(18-4)17-10-12;1-11-9-16-14(17-10-11)12-5-7-13(8-6-12)15(2,3)4/h7-12H,1-6H3;6-7,12,14H,8-11H2,1-5H3;5-12H,1-4H3;5-10H,1-4H3;5-10H,1-4H3. The van der Waals surface area contributed by atoms with Crippen molar-refractivity contribution in [3.8, 4) is 50.8 Å². The van der Waals surface area contributed by atoms with E-state index in [0.717, 1.165) is 84.2 Å². The summed E-state index contributed by atoms with van der Waals surface area (Å²) in [7, 11) is 1.56. The number of anilines is 1. The summed E-state index contributed by atoms with van der Waals surface area (Å²) in [4.78, 5) is 19.1. The molecule has 98 heavy (non-hydrogen) atoms. The van der Waals surface area contributed by atoms with Crippen LogP contribution in [0.2, 0.25) is 0 Å². The number of nitrogens with zero attached hydrogens (tertiary/aromatic N) is 5. The lowest BCUT2D eigenvalue weighted by Crippen LogP contribution is -2.39. The summed E-state index contributed by atoms with van der Waals surface area (Å²) < 4.78 is 84.7. The van der Waals surface area contributed by atoms with Gasteiger partial charge < -0.3 is 9.64 Å². The Morgan fingerprint density at radius 1 is 0.367 bits per heavy atom. The van der Waals surface area contributed by atoms with Crippen LogP contribution in [0.5, 0.6) is 6.01 Å². The molecule has 12 heteroatoms. The van der Waals surface area contributed by atoms with Gasteiger partial charge in [0.2, 0.25) is 5.92 Å². The molecule has 0 radical (unpaired) electrons. The van der Waals surface area contributed by atoms with Gasteiger partial charge in [-0.05, 0) is 165 Å². The molecule has 1 aliphatic heterocycles. The second-order valence-corrected chi connectivity index (χ2v) is 31.7.